The maximum atomic E-state index is 12.0. The van der Waals surface area contributed by atoms with Crippen LogP contribution < -0.4 is 19.5 Å². The van der Waals surface area contributed by atoms with Crippen molar-refractivity contribution in [1.82, 2.24) is 10.2 Å². The van der Waals surface area contributed by atoms with E-state index in [-0.39, 0.29) is 12.7 Å². The Morgan fingerprint density at radius 2 is 1.96 bits per heavy atom. The third-order valence-corrected chi connectivity index (χ3v) is 3.83. The van der Waals surface area contributed by atoms with Gasteiger partial charge in [-0.3, -0.25) is 9.69 Å². The molecule has 1 aliphatic rings. The van der Waals surface area contributed by atoms with Gasteiger partial charge in [-0.2, -0.15) is 0 Å². The number of amides is 1. The Morgan fingerprint density at radius 1 is 1.16 bits per heavy atom. The molecule has 0 saturated carbocycles. The lowest BCUT2D eigenvalue weighted by atomic mass is 10.2. The number of nitrogens with one attached hydrogen (secondary N) is 1. The molecule has 2 aromatic carbocycles. The van der Waals surface area contributed by atoms with Crippen molar-refractivity contribution in [1.29, 1.82) is 0 Å². The second-order valence-corrected chi connectivity index (χ2v) is 5.86. The molecule has 1 aliphatic heterocycles. The Kier molecular flexibility index (Phi) is 5.74. The van der Waals surface area contributed by atoms with Gasteiger partial charge in [0.1, 0.15) is 12.4 Å². The fourth-order valence-corrected chi connectivity index (χ4v) is 2.47. The molecule has 132 valence electrons. The Hall–Kier alpha value is -2.73. The van der Waals surface area contributed by atoms with E-state index in [1.54, 1.807) is 0 Å². The maximum absolute atomic E-state index is 12.0. The van der Waals surface area contributed by atoms with Gasteiger partial charge in [0.2, 0.25) is 12.7 Å². The van der Waals surface area contributed by atoms with Crippen LogP contribution >= 0.6 is 0 Å². The topological polar surface area (TPSA) is 60.0 Å². The van der Waals surface area contributed by atoms with Crippen molar-refractivity contribution < 1.29 is 19.0 Å². The Balaban J connectivity index is 1.35. The first-order valence-electron chi connectivity index (χ1n) is 8.22. The van der Waals surface area contributed by atoms with Crippen molar-refractivity contribution in [3.8, 4) is 17.2 Å². The summed E-state index contributed by atoms with van der Waals surface area (Å²) in [6, 6.07) is 15.3. The number of carbonyl (C=O) groups is 1. The molecule has 0 atom stereocenters. The van der Waals surface area contributed by atoms with Gasteiger partial charge in [-0.15, -0.1) is 0 Å². The summed E-state index contributed by atoms with van der Waals surface area (Å²) in [7, 11) is 1.90. The highest BCUT2D eigenvalue weighted by Gasteiger charge is 2.13. The average molecular weight is 342 g/mol. The summed E-state index contributed by atoms with van der Waals surface area (Å²) >= 11 is 0. The van der Waals surface area contributed by atoms with Crippen molar-refractivity contribution in [3.63, 3.8) is 0 Å². The first-order chi connectivity index (χ1) is 12.2. The SMILES string of the molecule is CN(CCOc1ccccc1)CC(=O)NCc1ccc2c(c1)OCO2. The second-order valence-electron chi connectivity index (χ2n) is 5.86. The predicted molar refractivity (Wildman–Crippen MR) is 93.8 cm³/mol. The first-order valence-corrected chi connectivity index (χ1v) is 8.22. The van der Waals surface area contributed by atoms with Gasteiger partial charge < -0.3 is 19.5 Å². The standard InChI is InChI=1S/C19H22N2O4/c1-21(9-10-23-16-5-3-2-4-6-16)13-19(22)20-12-15-7-8-17-18(11-15)25-14-24-17/h2-8,11H,9-10,12-14H2,1H3,(H,20,22). The summed E-state index contributed by atoms with van der Waals surface area (Å²) in [5.41, 5.74) is 0.979. The number of benzene rings is 2. The van der Waals surface area contributed by atoms with Crippen LogP contribution in [-0.2, 0) is 11.3 Å². The van der Waals surface area contributed by atoms with Gasteiger partial charge in [0.15, 0.2) is 11.5 Å². The van der Waals surface area contributed by atoms with E-state index in [4.69, 9.17) is 14.2 Å². The van der Waals surface area contributed by atoms with E-state index in [0.717, 1.165) is 22.8 Å². The van der Waals surface area contributed by atoms with Crippen LogP contribution in [0.25, 0.3) is 0 Å². The number of para-hydroxylation sites is 1. The molecule has 0 aromatic heterocycles. The number of carbonyl (C=O) groups excluding carboxylic acids is 1. The molecular weight excluding hydrogens is 320 g/mol. The molecule has 1 amide bonds. The van der Waals surface area contributed by atoms with E-state index >= 15 is 0 Å². The number of ether oxygens (including phenoxy) is 3. The van der Waals surface area contributed by atoms with E-state index in [2.05, 4.69) is 5.32 Å². The van der Waals surface area contributed by atoms with Crippen LogP contribution in [0.5, 0.6) is 17.2 Å². The quantitative estimate of drug-likeness (QED) is 0.796. The van der Waals surface area contributed by atoms with Crippen molar-refractivity contribution in [2.45, 2.75) is 6.54 Å². The minimum Gasteiger partial charge on any atom is -0.492 e. The number of nitrogens with zero attached hydrogens (tertiary/aromatic N) is 1. The highest BCUT2D eigenvalue weighted by molar-refractivity contribution is 5.78. The molecular formula is C19H22N2O4. The van der Waals surface area contributed by atoms with Gasteiger partial charge >= 0.3 is 0 Å². The number of likely N-dealkylation sites (N-methyl/N-ethyl adjacent to an activating group) is 1. The van der Waals surface area contributed by atoms with Gasteiger partial charge in [-0.1, -0.05) is 24.3 Å². The van der Waals surface area contributed by atoms with Crippen molar-refractivity contribution in [2.75, 3.05) is 33.5 Å². The zero-order chi connectivity index (χ0) is 17.5. The van der Waals surface area contributed by atoms with Crippen LogP contribution in [0.3, 0.4) is 0 Å². The van der Waals surface area contributed by atoms with Gasteiger partial charge in [0, 0.05) is 13.1 Å². The summed E-state index contributed by atoms with van der Waals surface area (Å²) in [5, 5.41) is 2.91. The van der Waals surface area contributed by atoms with Crippen molar-refractivity contribution >= 4 is 5.91 Å². The second kappa shape index (κ2) is 8.39. The third-order valence-electron chi connectivity index (χ3n) is 3.83. The van der Waals surface area contributed by atoms with Crippen LogP contribution in [0.2, 0.25) is 0 Å². The number of fused-ring (bicyclic) bond motifs is 1. The summed E-state index contributed by atoms with van der Waals surface area (Å²) in [6.07, 6.45) is 0. The molecule has 0 unspecified atom stereocenters. The predicted octanol–water partition coefficient (Wildman–Crippen LogP) is 2.04. The molecule has 0 aliphatic carbocycles. The highest BCUT2D eigenvalue weighted by Crippen LogP contribution is 2.32. The van der Waals surface area contributed by atoms with Crippen molar-refractivity contribution in [3.05, 3.63) is 54.1 Å². The highest BCUT2D eigenvalue weighted by atomic mass is 16.7. The molecule has 25 heavy (non-hydrogen) atoms. The van der Waals surface area contributed by atoms with Crippen LogP contribution in [0.1, 0.15) is 5.56 Å². The molecule has 0 radical (unpaired) electrons. The molecule has 2 aromatic rings. The zero-order valence-corrected chi connectivity index (χ0v) is 14.2. The molecule has 6 nitrogen and oxygen atoms in total. The molecule has 0 spiro atoms. The summed E-state index contributed by atoms with van der Waals surface area (Å²) < 4.78 is 16.2. The zero-order valence-electron chi connectivity index (χ0n) is 14.2. The lowest BCUT2D eigenvalue weighted by Crippen LogP contribution is -2.36. The fourth-order valence-electron chi connectivity index (χ4n) is 2.47. The molecule has 1 heterocycles. The van der Waals surface area contributed by atoms with E-state index in [9.17, 15) is 4.79 Å². The normalized spacial score (nSPS) is 12.2. The fraction of sp³-hybridized carbons (Fsp3) is 0.316. The largest absolute Gasteiger partial charge is 0.492 e. The van der Waals surface area contributed by atoms with Gasteiger partial charge in [0.25, 0.3) is 0 Å². The molecule has 0 bridgehead atoms. The van der Waals surface area contributed by atoms with E-state index in [0.29, 0.717) is 26.2 Å². The number of hydrogen-bond acceptors (Lipinski definition) is 5. The summed E-state index contributed by atoms with van der Waals surface area (Å²) in [6.45, 7) is 2.25. The Labute approximate surface area is 147 Å². The molecule has 1 N–H and O–H groups in total. The maximum Gasteiger partial charge on any atom is 0.234 e. The smallest absolute Gasteiger partial charge is 0.234 e. The summed E-state index contributed by atoms with van der Waals surface area (Å²) in [4.78, 5) is 14.0. The minimum absolute atomic E-state index is 0.0279. The average Bonchev–Trinajstić information content (AvgIpc) is 3.08. The van der Waals surface area contributed by atoms with E-state index < -0.39 is 0 Å². The van der Waals surface area contributed by atoms with Gasteiger partial charge in [-0.05, 0) is 36.9 Å². The monoisotopic (exact) mass is 342 g/mol. The van der Waals surface area contributed by atoms with Gasteiger partial charge in [-0.25, -0.2) is 0 Å². The third kappa shape index (κ3) is 5.12. The molecule has 3 rings (SSSR count). The van der Waals surface area contributed by atoms with Crippen LogP contribution in [0.15, 0.2) is 48.5 Å². The molecule has 0 fully saturated rings. The minimum atomic E-state index is -0.0279. The van der Waals surface area contributed by atoms with Crippen LogP contribution in [-0.4, -0.2) is 44.3 Å². The lowest BCUT2D eigenvalue weighted by molar-refractivity contribution is -0.122. The van der Waals surface area contributed by atoms with Gasteiger partial charge in [0.05, 0.1) is 6.54 Å². The Morgan fingerprint density at radius 3 is 2.80 bits per heavy atom. The Bertz CT molecular complexity index is 706. The van der Waals surface area contributed by atoms with E-state index in [1.165, 1.54) is 0 Å². The first kappa shape index (κ1) is 17.1. The van der Waals surface area contributed by atoms with E-state index in [1.807, 2.05) is 60.5 Å². The number of rotatable bonds is 8. The lowest BCUT2D eigenvalue weighted by Gasteiger charge is -2.16. The summed E-state index contributed by atoms with van der Waals surface area (Å²) in [5.74, 6) is 2.28. The van der Waals surface area contributed by atoms with Crippen LogP contribution in [0.4, 0.5) is 0 Å². The number of hydrogen-bond donors (Lipinski definition) is 1. The van der Waals surface area contributed by atoms with Crippen molar-refractivity contribution in [2.24, 2.45) is 0 Å². The van der Waals surface area contributed by atoms with Crippen LogP contribution in [0, 0.1) is 0 Å². The molecule has 6 heteroatoms. The molecule has 0 saturated heterocycles.